The smallest absolute Gasteiger partial charge is 0.261 e. The summed E-state index contributed by atoms with van der Waals surface area (Å²) in [5.41, 5.74) is 2.16. The molecule has 0 unspecified atom stereocenters. The molecule has 1 saturated heterocycles. The van der Waals surface area contributed by atoms with Crippen molar-refractivity contribution in [1.29, 1.82) is 0 Å². The van der Waals surface area contributed by atoms with Gasteiger partial charge in [0.25, 0.3) is 10.0 Å². The summed E-state index contributed by atoms with van der Waals surface area (Å²) in [6.07, 6.45) is 1.37. The zero-order valence-electron chi connectivity index (χ0n) is 12.8. The summed E-state index contributed by atoms with van der Waals surface area (Å²) >= 11 is 0. The molecule has 1 aliphatic heterocycles. The maximum atomic E-state index is 12.4. The van der Waals surface area contributed by atoms with Crippen molar-refractivity contribution in [2.45, 2.75) is 24.7 Å². The number of hydrogen-bond donors (Lipinski definition) is 1. The zero-order chi connectivity index (χ0) is 16.4. The van der Waals surface area contributed by atoms with Crippen LogP contribution in [0.4, 0.5) is 11.4 Å². The number of aryl methyl sites for hydroxylation is 1. The van der Waals surface area contributed by atoms with Crippen LogP contribution in [0, 0.1) is 6.92 Å². The molecule has 0 atom stereocenters. The Morgan fingerprint density at radius 1 is 1.09 bits per heavy atom. The fourth-order valence-corrected chi connectivity index (χ4v) is 3.64. The Hall–Kier alpha value is -2.34. The third kappa shape index (κ3) is 3.37. The predicted molar refractivity (Wildman–Crippen MR) is 90.0 cm³/mol. The summed E-state index contributed by atoms with van der Waals surface area (Å²) in [4.78, 5) is 13.7. The fourth-order valence-electron chi connectivity index (χ4n) is 2.59. The van der Waals surface area contributed by atoms with Crippen molar-refractivity contribution >= 4 is 27.3 Å². The van der Waals surface area contributed by atoms with E-state index in [4.69, 9.17) is 0 Å². The predicted octanol–water partition coefficient (Wildman–Crippen LogP) is 2.92. The van der Waals surface area contributed by atoms with Crippen molar-refractivity contribution in [2.24, 2.45) is 0 Å². The molecule has 5 nitrogen and oxygen atoms in total. The van der Waals surface area contributed by atoms with Crippen molar-refractivity contribution in [2.75, 3.05) is 16.2 Å². The van der Waals surface area contributed by atoms with Gasteiger partial charge in [-0.25, -0.2) is 8.42 Å². The van der Waals surface area contributed by atoms with E-state index in [0.717, 1.165) is 17.7 Å². The Morgan fingerprint density at radius 2 is 1.83 bits per heavy atom. The number of carbonyl (C=O) groups is 1. The van der Waals surface area contributed by atoms with E-state index in [9.17, 15) is 13.2 Å². The minimum atomic E-state index is -3.64. The van der Waals surface area contributed by atoms with Crippen LogP contribution in [0.3, 0.4) is 0 Å². The average Bonchev–Trinajstić information content (AvgIpc) is 2.94. The Kier molecular flexibility index (Phi) is 4.09. The summed E-state index contributed by atoms with van der Waals surface area (Å²) in [6, 6.07) is 13.6. The second-order valence-electron chi connectivity index (χ2n) is 5.62. The van der Waals surface area contributed by atoms with E-state index in [2.05, 4.69) is 4.72 Å². The van der Waals surface area contributed by atoms with Crippen molar-refractivity contribution in [3.63, 3.8) is 0 Å². The van der Waals surface area contributed by atoms with Gasteiger partial charge < -0.3 is 4.90 Å². The van der Waals surface area contributed by atoms with Gasteiger partial charge in [0, 0.05) is 18.7 Å². The molecule has 2 aromatic rings. The lowest BCUT2D eigenvalue weighted by Gasteiger charge is -2.17. The molecule has 1 N–H and O–H groups in total. The molecule has 6 heteroatoms. The summed E-state index contributed by atoms with van der Waals surface area (Å²) in [5, 5.41) is 0. The summed E-state index contributed by atoms with van der Waals surface area (Å²) in [7, 11) is -3.64. The van der Waals surface area contributed by atoms with Gasteiger partial charge in [0.15, 0.2) is 0 Å². The highest BCUT2D eigenvalue weighted by Crippen LogP contribution is 2.25. The maximum absolute atomic E-state index is 12.4. The zero-order valence-corrected chi connectivity index (χ0v) is 13.6. The summed E-state index contributed by atoms with van der Waals surface area (Å²) in [5.74, 6) is 0.0727. The van der Waals surface area contributed by atoms with E-state index in [1.807, 2.05) is 13.0 Å². The lowest BCUT2D eigenvalue weighted by Crippen LogP contribution is -2.23. The summed E-state index contributed by atoms with van der Waals surface area (Å²) in [6.45, 7) is 2.58. The van der Waals surface area contributed by atoms with Crippen LogP contribution >= 0.6 is 0 Å². The number of benzene rings is 2. The van der Waals surface area contributed by atoms with Gasteiger partial charge in [-0.15, -0.1) is 0 Å². The Bertz CT molecular complexity index is 829. The van der Waals surface area contributed by atoms with E-state index in [1.165, 1.54) is 0 Å². The van der Waals surface area contributed by atoms with E-state index in [-0.39, 0.29) is 10.8 Å². The second kappa shape index (κ2) is 6.04. The van der Waals surface area contributed by atoms with E-state index < -0.39 is 10.0 Å². The van der Waals surface area contributed by atoms with Crippen molar-refractivity contribution in [1.82, 2.24) is 0 Å². The highest BCUT2D eigenvalue weighted by molar-refractivity contribution is 7.92. The van der Waals surface area contributed by atoms with E-state index in [0.29, 0.717) is 18.7 Å². The molecule has 1 fully saturated rings. The molecular weight excluding hydrogens is 312 g/mol. The van der Waals surface area contributed by atoms with Crippen LogP contribution in [-0.4, -0.2) is 20.9 Å². The van der Waals surface area contributed by atoms with Crippen molar-refractivity contribution in [3.8, 4) is 0 Å². The third-order valence-electron chi connectivity index (χ3n) is 3.81. The van der Waals surface area contributed by atoms with Crippen LogP contribution in [0.5, 0.6) is 0 Å². The maximum Gasteiger partial charge on any atom is 0.261 e. The molecule has 3 rings (SSSR count). The molecule has 0 radical (unpaired) electrons. The van der Waals surface area contributed by atoms with Crippen LogP contribution < -0.4 is 9.62 Å². The molecule has 1 aliphatic rings. The molecule has 2 aromatic carbocycles. The lowest BCUT2D eigenvalue weighted by molar-refractivity contribution is -0.117. The van der Waals surface area contributed by atoms with Gasteiger partial charge in [-0.1, -0.05) is 23.8 Å². The van der Waals surface area contributed by atoms with Crippen LogP contribution in [0.25, 0.3) is 0 Å². The second-order valence-corrected chi connectivity index (χ2v) is 7.30. The normalized spacial score (nSPS) is 15.0. The monoisotopic (exact) mass is 330 g/mol. The minimum Gasteiger partial charge on any atom is -0.312 e. The van der Waals surface area contributed by atoms with Gasteiger partial charge in [-0.2, -0.15) is 0 Å². The molecule has 0 bridgehead atoms. The van der Waals surface area contributed by atoms with Gasteiger partial charge in [0.1, 0.15) is 0 Å². The van der Waals surface area contributed by atoms with Crippen molar-refractivity contribution in [3.05, 3.63) is 54.1 Å². The number of carbonyl (C=O) groups excluding carboxylic acids is 1. The molecule has 23 heavy (non-hydrogen) atoms. The quantitative estimate of drug-likeness (QED) is 0.937. The van der Waals surface area contributed by atoms with Gasteiger partial charge >= 0.3 is 0 Å². The molecular formula is C17H18N2O3S. The van der Waals surface area contributed by atoms with Crippen LogP contribution in [-0.2, 0) is 14.8 Å². The molecule has 0 aromatic heterocycles. The topological polar surface area (TPSA) is 66.5 Å². The summed E-state index contributed by atoms with van der Waals surface area (Å²) < 4.78 is 27.4. The molecule has 0 saturated carbocycles. The van der Waals surface area contributed by atoms with Crippen LogP contribution in [0.1, 0.15) is 18.4 Å². The van der Waals surface area contributed by atoms with Gasteiger partial charge in [0.05, 0.1) is 10.6 Å². The van der Waals surface area contributed by atoms with E-state index in [1.54, 1.807) is 47.4 Å². The number of amides is 1. The first-order valence-electron chi connectivity index (χ1n) is 7.46. The molecule has 0 spiro atoms. The molecule has 120 valence electrons. The number of nitrogens with one attached hydrogen (secondary N) is 1. The lowest BCUT2D eigenvalue weighted by atomic mass is 10.2. The Balaban J connectivity index is 1.85. The van der Waals surface area contributed by atoms with Crippen LogP contribution in [0.2, 0.25) is 0 Å². The standard InChI is InChI=1S/C17H18N2O3S/c1-13-7-9-16(10-8-13)23(21,22)18-14-4-2-5-15(12-14)19-11-3-6-17(19)20/h2,4-5,7-10,12,18H,3,6,11H2,1H3. The largest absolute Gasteiger partial charge is 0.312 e. The third-order valence-corrected chi connectivity index (χ3v) is 5.21. The first kappa shape index (κ1) is 15.6. The Labute approximate surface area is 136 Å². The number of nitrogens with zero attached hydrogens (tertiary/aromatic N) is 1. The number of rotatable bonds is 4. The van der Waals surface area contributed by atoms with E-state index >= 15 is 0 Å². The molecule has 1 amide bonds. The average molecular weight is 330 g/mol. The van der Waals surface area contributed by atoms with Crippen molar-refractivity contribution < 1.29 is 13.2 Å². The SMILES string of the molecule is Cc1ccc(S(=O)(=O)Nc2cccc(N3CCCC3=O)c2)cc1. The van der Waals surface area contributed by atoms with Gasteiger partial charge in [0.2, 0.25) is 5.91 Å². The molecule has 0 aliphatic carbocycles. The number of sulfonamides is 1. The number of anilines is 2. The van der Waals surface area contributed by atoms with Crippen LogP contribution in [0.15, 0.2) is 53.4 Å². The Morgan fingerprint density at radius 3 is 2.48 bits per heavy atom. The minimum absolute atomic E-state index is 0.0727. The first-order valence-corrected chi connectivity index (χ1v) is 8.94. The number of hydrogen-bond acceptors (Lipinski definition) is 3. The van der Waals surface area contributed by atoms with Gasteiger partial charge in [-0.3, -0.25) is 9.52 Å². The highest BCUT2D eigenvalue weighted by atomic mass is 32.2. The fraction of sp³-hybridized carbons (Fsp3) is 0.235. The highest BCUT2D eigenvalue weighted by Gasteiger charge is 2.22. The molecule has 1 heterocycles. The van der Waals surface area contributed by atoms with Gasteiger partial charge in [-0.05, 0) is 43.7 Å². The first-order chi connectivity index (χ1) is 11.0.